The van der Waals surface area contributed by atoms with Crippen molar-refractivity contribution in [3.8, 4) is 11.1 Å². The predicted molar refractivity (Wildman–Crippen MR) is 132 cm³/mol. The molecule has 0 radical (unpaired) electrons. The third-order valence-corrected chi connectivity index (χ3v) is 7.20. The molecule has 3 atom stereocenters. The number of hydrogen-bond acceptors (Lipinski definition) is 4. The Hall–Kier alpha value is -4.34. The number of amides is 3. The van der Waals surface area contributed by atoms with Crippen LogP contribution in [0.2, 0.25) is 0 Å². The fraction of sp³-hybridized carbons (Fsp3) is 0.250. The quantitative estimate of drug-likeness (QED) is 0.648. The lowest BCUT2D eigenvalue weighted by molar-refractivity contribution is -0.137. The predicted octanol–water partition coefficient (Wildman–Crippen LogP) is 4.00. The number of nitrogens with zero attached hydrogens (tertiary/aromatic N) is 2. The van der Waals surface area contributed by atoms with Gasteiger partial charge in [0.1, 0.15) is 12.1 Å². The van der Waals surface area contributed by atoms with Gasteiger partial charge in [-0.15, -0.1) is 0 Å². The molecule has 0 saturated carbocycles. The van der Waals surface area contributed by atoms with E-state index in [9.17, 15) is 27.6 Å². The molecule has 3 amide bonds. The highest BCUT2D eigenvalue weighted by molar-refractivity contribution is 6.11. The summed E-state index contributed by atoms with van der Waals surface area (Å²) in [5.74, 6) is -1.01. The summed E-state index contributed by atoms with van der Waals surface area (Å²) < 4.78 is 45.4. The molecule has 3 unspecified atom stereocenters. The molecule has 10 heteroatoms. The first-order valence-corrected chi connectivity index (χ1v) is 12.2. The van der Waals surface area contributed by atoms with E-state index in [-0.39, 0.29) is 54.6 Å². The number of piperazine rings is 1. The third-order valence-electron chi connectivity index (χ3n) is 7.20. The van der Waals surface area contributed by atoms with E-state index in [0.29, 0.717) is 11.1 Å². The second-order valence-electron chi connectivity index (χ2n) is 9.55. The van der Waals surface area contributed by atoms with Gasteiger partial charge in [-0.3, -0.25) is 14.4 Å². The molecule has 0 spiro atoms. The van der Waals surface area contributed by atoms with Crippen molar-refractivity contribution >= 4 is 23.4 Å². The van der Waals surface area contributed by atoms with Crippen molar-refractivity contribution in [3.05, 3.63) is 89.7 Å². The molecular formula is C28H22F3N3O4. The van der Waals surface area contributed by atoms with E-state index in [1.165, 1.54) is 34.1 Å². The number of ether oxygens (including phenoxy) is 1. The van der Waals surface area contributed by atoms with Gasteiger partial charge in [0.15, 0.2) is 5.76 Å². The lowest BCUT2D eigenvalue weighted by Crippen LogP contribution is -2.59. The van der Waals surface area contributed by atoms with E-state index >= 15 is 0 Å². The van der Waals surface area contributed by atoms with Crippen LogP contribution in [-0.2, 0) is 20.5 Å². The van der Waals surface area contributed by atoms with Gasteiger partial charge in [-0.25, -0.2) is 0 Å². The zero-order valence-corrected chi connectivity index (χ0v) is 19.9. The van der Waals surface area contributed by atoms with Gasteiger partial charge in [0.05, 0.1) is 23.4 Å². The van der Waals surface area contributed by atoms with Crippen LogP contribution in [0.25, 0.3) is 11.1 Å². The van der Waals surface area contributed by atoms with Crippen LogP contribution >= 0.6 is 0 Å². The van der Waals surface area contributed by atoms with Crippen LogP contribution in [0.15, 0.2) is 78.6 Å². The highest BCUT2D eigenvalue weighted by Gasteiger charge is 2.42. The number of rotatable bonds is 2. The fourth-order valence-electron chi connectivity index (χ4n) is 5.20. The van der Waals surface area contributed by atoms with Crippen molar-refractivity contribution in [2.24, 2.45) is 5.92 Å². The summed E-state index contributed by atoms with van der Waals surface area (Å²) in [6.45, 7) is 0.321. The monoisotopic (exact) mass is 521 g/mol. The van der Waals surface area contributed by atoms with Crippen molar-refractivity contribution < 1.29 is 32.3 Å². The molecule has 1 aliphatic carbocycles. The topological polar surface area (TPSA) is 79.0 Å². The molecule has 3 heterocycles. The maximum absolute atomic E-state index is 13.5. The van der Waals surface area contributed by atoms with Crippen LogP contribution in [-0.4, -0.2) is 59.3 Å². The molecule has 38 heavy (non-hydrogen) atoms. The first-order valence-electron chi connectivity index (χ1n) is 12.2. The summed E-state index contributed by atoms with van der Waals surface area (Å²) in [5, 5.41) is 2.75. The standard InChI is InChI=1S/C28H22F3N3O4/c29-28(30,31)19-6-3-5-16(12-19)17-8-9-21-20(13-17)26(36)34-11-10-33(15-22(34)25(35)32-21)27(37)24-14-18-4-1-2-7-23(18)38-24/h1-9,12-14,18,22-23H,10-11,15H2,(H,32,35). The molecule has 7 nitrogen and oxygen atoms in total. The molecule has 6 rings (SSSR count). The Bertz CT molecular complexity index is 1450. The molecule has 1 saturated heterocycles. The van der Waals surface area contributed by atoms with Gasteiger partial charge in [-0.2, -0.15) is 13.2 Å². The van der Waals surface area contributed by atoms with Gasteiger partial charge in [-0.05, 0) is 47.5 Å². The number of allylic oxidation sites excluding steroid dienone is 2. The highest BCUT2D eigenvalue weighted by Crippen LogP contribution is 2.35. The Morgan fingerprint density at radius 2 is 1.79 bits per heavy atom. The summed E-state index contributed by atoms with van der Waals surface area (Å²) >= 11 is 0. The number of anilines is 1. The van der Waals surface area contributed by atoms with Crippen molar-refractivity contribution in [3.63, 3.8) is 0 Å². The van der Waals surface area contributed by atoms with Gasteiger partial charge in [0.2, 0.25) is 5.91 Å². The third kappa shape index (κ3) is 4.15. The normalized spacial score (nSPS) is 24.1. The largest absolute Gasteiger partial charge is 0.480 e. The van der Waals surface area contributed by atoms with Gasteiger partial charge in [-0.1, -0.05) is 36.4 Å². The maximum atomic E-state index is 13.5. The van der Waals surface area contributed by atoms with E-state index in [4.69, 9.17) is 4.74 Å². The molecule has 0 bridgehead atoms. The Balaban J connectivity index is 1.24. The summed E-state index contributed by atoms with van der Waals surface area (Å²) in [6, 6.07) is 8.50. The first-order chi connectivity index (χ1) is 18.2. The summed E-state index contributed by atoms with van der Waals surface area (Å²) in [7, 11) is 0. The van der Waals surface area contributed by atoms with Crippen molar-refractivity contribution in [2.75, 3.05) is 25.0 Å². The molecule has 3 aliphatic heterocycles. The second kappa shape index (κ2) is 8.90. The zero-order chi connectivity index (χ0) is 26.6. The van der Waals surface area contributed by atoms with Crippen LogP contribution in [0.1, 0.15) is 15.9 Å². The molecule has 194 valence electrons. The molecule has 1 fully saturated rings. The minimum absolute atomic E-state index is 0.00735. The van der Waals surface area contributed by atoms with E-state index in [1.54, 1.807) is 12.1 Å². The average Bonchev–Trinajstić information content (AvgIpc) is 3.32. The summed E-state index contributed by atoms with van der Waals surface area (Å²) in [5.41, 5.74) is 0.373. The zero-order valence-electron chi connectivity index (χ0n) is 19.9. The molecule has 2 aromatic carbocycles. The van der Waals surface area contributed by atoms with Gasteiger partial charge in [0, 0.05) is 19.0 Å². The number of carbonyl (C=O) groups excluding carboxylic acids is 3. The van der Waals surface area contributed by atoms with Gasteiger partial charge < -0.3 is 19.9 Å². The highest BCUT2D eigenvalue weighted by atomic mass is 19.4. The summed E-state index contributed by atoms with van der Waals surface area (Å²) in [4.78, 5) is 42.8. The fourth-order valence-corrected chi connectivity index (χ4v) is 5.20. The number of halogens is 3. The lowest BCUT2D eigenvalue weighted by atomic mass is 9.99. The molecule has 0 aromatic heterocycles. The van der Waals surface area contributed by atoms with E-state index < -0.39 is 29.6 Å². The molecular weight excluding hydrogens is 499 g/mol. The Kier molecular flexibility index (Phi) is 5.62. The van der Waals surface area contributed by atoms with Crippen LogP contribution in [0.3, 0.4) is 0 Å². The van der Waals surface area contributed by atoms with Crippen molar-refractivity contribution in [1.29, 1.82) is 0 Å². The number of benzene rings is 2. The minimum atomic E-state index is -4.50. The van der Waals surface area contributed by atoms with E-state index in [1.807, 2.05) is 24.3 Å². The Morgan fingerprint density at radius 3 is 2.58 bits per heavy atom. The number of hydrogen-bond donors (Lipinski definition) is 1. The van der Waals surface area contributed by atoms with E-state index in [0.717, 1.165) is 12.1 Å². The average molecular weight is 521 g/mol. The second-order valence-corrected chi connectivity index (χ2v) is 9.55. The number of nitrogens with one attached hydrogen (secondary N) is 1. The Labute approximate surface area is 215 Å². The first kappa shape index (κ1) is 24.0. The van der Waals surface area contributed by atoms with E-state index in [2.05, 4.69) is 5.32 Å². The number of fused-ring (bicyclic) bond motifs is 3. The van der Waals surface area contributed by atoms with Crippen LogP contribution in [0, 0.1) is 5.92 Å². The molecule has 4 aliphatic rings. The SMILES string of the molecule is O=C1Nc2ccc(-c3cccc(C(F)(F)F)c3)cc2C(=O)N2CCN(C(=O)C3=CC4C=CC=CC4O3)CC12. The van der Waals surface area contributed by atoms with Crippen LogP contribution in [0.4, 0.5) is 18.9 Å². The maximum Gasteiger partial charge on any atom is 0.416 e. The van der Waals surface area contributed by atoms with Crippen LogP contribution in [0.5, 0.6) is 0 Å². The van der Waals surface area contributed by atoms with Crippen molar-refractivity contribution in [1.82, 2.24) is 9.80 Å². The smallest absolute Gasteiger partial charge is 0.416 e. The summed E-state index contributed by atoms with van der Waals surface area (Å²) in [6.07, 6.45) is 4.61. The van der Waals surface area contributed by atoms with Gasteiger partial charge in [0.25, 0.3) is 11.8 Å². The molecule has 2 aromatic rings. The number of carbonyl (C=O) groups is 3. The van der Waals surface area contributed by atoms with Crippen LogP contribution < -0.4 is 5.32 Å². The lowest BCUT2D eigenvalue weighted by Gasteiger charge is -2.39. The minimum Gasteiger partial charge on any atom is -0.480 e. The Morgan fingerprint density at radius 1 is 1.00 bits per heavy atom. The number of alkyl halides is 3. The van der Waals surface area contributed by atoms with Crippen molar-refractivity contribution in [2.45, 2.75) is 18.3 Å². The van der Waals surface area contributed by atoms with Gasteiger partial charge >= 0.3 is 6.18 Å². The molecule has 1 N–H and O–H groups in total.